The summed E-state index contributed by atoms with van der Waals surface area (Å²) in [6.07, 6.45) is 6.56. The Labute approximate surface area is 183 Å². The molecule has 1 aromatic heterocycles. The molecule has 11 nitrogen and oxygen atoms in total. The highest BCUT2D eigenvalue weighted by atomic mass is 32.2. The van der Waals surface area contributed by atoms with Gasteiger partial charge in [-0.3, -0.25) is 14.7 Å². The minimum atomic E-state index is -4.00. The predicted octanol–water partition coefficient (Wildman–Crippen LogP) is 2.59. The molecule has 0 radical (unpaired) electrons. The first-order valence-electron chi connectivity index (χ1n) is 8.92. The Kier molecular flexibility index (Phi) is 8.39. The number of hydrogen-bond acceptors (Lipinski definition) is 6. The van der Waals surface area contributed by atoms with Crippen LogP contribution in [0.5, 0.6) is 0 Å². The van der Waals surface area contributed by atoms with E-state index in [9.17, 15) is 18.5 Å². The topological polar surface area (TPSA) is 179 Å². The fraction of sp³-hybridized carbons (Fsp3) is 0. The summed E-state index contributed by atoms with van der Waals surface area (Å²) in [5, 5.41) is 14.3. The van der Waals surface area contributed by atoms with Gasteiger partial charge in [-0.05, 0) is 42.5 Å². The second kappa shape index (κ2) is 11.2. The second-order valence-electron chi connectivity index (χ2n) is 5.96. The normalized spacial score (nSPS) is 12.0. The monoisotopic (exact) mass is 456 g/mol. The van der Waals surface area contributed by atoms with E-state index in [2.05, 4.69) is 10.1 Å². The van der Waals surface area contributed by atoms with Gasteiger partial charge in [0.05, 0.1) is 9.82 Å². The van der Waals surface area contributed by atoms with Crippen LogP contribution in [0.25, 0.3) is 11.8 Å². The van der Waals surface area contributed by atoms with E-state index in [1.165, 1.54) is 24.4 Å². The van der Waals surface area contributed by atoms with Crippen molar-refractivity contribution in [1.82, 2.24) is 4.57 Å². The summed E-state index contributed by atoms with van der Waals surface area (Å²) < 4.78 is 30.9. The number of hydrazone groups is 1. The van der Waals surface area contributed by atoms with Crippen molar-refractivity contribution in [2.75, 3.05) is 0 Å². The van der Waals surface area contributed by atoms with Crippen LogP contribution in [0, 0.1) is 10.1 Å². The number of aliphatic imine (C=N–C) groups is 1. The maximum absolute atomic E-state index is 11.1. The van der Waals surface area contributed by atoms with Crippen LogP contribution in [-0.4, -0.2) is 34.6 Å². The van der Waals surface area contributed by atoms with Crippen molar-refractivity contribution in [2.45, 2.75) is 4.90 Å². The Bertz CT molecular complexity index is 1250. The molecule has 0 spiro atoms. The molecule has 5 N–H and O–H groups in total. The number of guanidine groups is 1. The van der Waals surface area contributed by atoms with Crippen LogP contribution in [0.4, 0.5) is 5.69 Å². The summed E-state index contributed by atoms with van der Waals surface area (Å²) in [6, 6.07) is 17.6. The molecule has 0 aliphatic heterocycles. The maximum atomic E-state index is 11.1. The molecule has 32 heavy (non-hydrogen) atoms. The summed E-state index contributed by atoms with van der Waals surface area (Å²) in [5.41, 5.74) is 6.59. The smallest absolute Gasteiger partial charge is 0.294 e. The maximum Gasteiger partial charge on any atom is 0.294 e. The molecule has 12 heteroatoms. The third kappa shape index (κ3) is 6.90. The van der Waals surface area contributed by atoms with Gasteiger partial charge in [-0.15, -0.1) is 5.10 Å². The Balaban J connectivity index is 0.000000303. The number of rotatable bonds is 5. The van der Waals surface area contributed by atoms with Crippen molar-refractivity contribution < 1.29 is 17.9 Å². The number of nitrogens with two attached hydrogens (primary N) is 2. The average molecular weight is 456 g/mol. The summed E-state index contributed by atoms with van der Waals surface area (Å²) in [4.78, 5) is 14.4. The van der Waals surface area contributed by atoms with E-state index in [4.69, 9.17) is 16.1 Å². The van der Waals surface area contributed by atoms with E-state index < -0.39 is 15.0 Å². The summed E-state index contributed by atoms with van der Waals surface area (Å²) >= 11 is 0. The molecule has 0 saturated heterocycles. The molecule has 2 aromatic carbocycles. The largest absolute Gasteiger partial charge is 0.367 e. The Hall–Kier alpha value is -4.29. The van der Waals surface area contributed by atoms with Crippen LogP contribution in [-0.2, 0) is 10.1 Å². The molecule has 0 bridgehead atoms. The molecular formula is C20H20N6O5S. The van der Waals surface area contributed by atoms with Crippen molar-refractivity contribution in [3.63, 3.8) is 0 Å². The van der Waals surface area contributed by atoms with Gasteiger partial charge < -0.3 is 16.1 Å². The average Bonchev–Trinajstić information content (AvgIpc) is 3.25. The third-order valence-corrected chi connectivity index (χ3v) is 4.72. The molecule has 0 unspecified atom stereocenters. The summed E-state index contributed by atoms with van der Waals surface area (Å²) in [6.45, 7) is 0. The highest BCUT2D eigenvalue weighted by Gasteiger charge is 2.14. The van der Waals surface area contributed by atoms with Crippen LogP contribution in [0.1, 0.15) is 5.69 Å². The van der Waals surface area contributed by atoms with Gasteiger partial charge in [0.1, 0.15) is 5.69 Å². The van der Waals surface area contributed by atoms with Crippen LogP contribution < -0.4 is 11.6 Å². The molecule has 3 aromatic rings. The highest BCUT2D eigenvalue weighted by Crippen LogP contribution is 2.24. The molecule has 0 aliphatic rings. The van der Waals surface area contributed by atoms with E-state index in [1.54, 1.807) is 65.4 Å². The molecule has 0 atom stereocenters. The number of aromatic nitrogens is 1. The first-order chi connectivity index (χ1) is 15.2. The number of nitro benzene ring substituents is 1. The van der Waals surface area contributed by atoms with Crippen LogP contribution in [0.3, 0.4) is 0 Å². The number of hydrogen-bond donors (Lipinski definition) is 3. The zero-order chi connectivity index (χ0) is 23.6. The third-order valence-electron chi connectivity index (χ3n) is 3.85. The van der Waals surface area contributed by atoms with Crippen LogP contribution in [0.2, 0.25) is 0 Å². The zero-order valence-corrected chi connectivity index (χ0v) is 17.4. The lowest BCUT2D eigenvalue weighted by Gasteiger charge is -2.06. The van der Waals surface area contributed by atoms with Gasteiger partial charge in [0.25, 0.3) is 15.8 Å². The Morgan fingerprint density at radius 1 is 1.06 bits per heavy atom. The number of nitro groups is 1. The van der Waals surface area contributed by atoms with Gasteiger partial charge in [0, 0.05) is 24.2 Å². The minimum absolute atomic E-state index is 0.0292. The van der Waals surface area contributed by atoms with Crippen molar-refractivity contribution in [1.29, 1.82) is 0 Å². The van der Waals surface area contributed by atoms with Crippen molar-refractivity contribution in [3.05, 3.63) is 94.8 Å². The van der Waals surface area contributed by atoms with E-state index in [1.807, 2.05) is 6.07 Å². The SMILES string of the molecule is NN=C(N)N=CC=Cc1cccn1-c1ccccc1[N+](=O)[O-].O=S(=O)(O)c1ccccc1. The van der Waals surface area contributed by atoms with E-state index in [0.29, 0.717) is 5.69 Å². The Morgan fingerprint density at radius 3 is 2.31 bits per heavy atom. The van der Waals surface area contributed by atoms with Crippen molar-refractivity contribution in [3.8, 4) is 5.69 Å². The van der Waals surface area contributed by atoms with E-state index >= 15 is 0 Å². The lowest BCUT2D eigenvalue weighted by atomic mass is 10.2. The van der Waals surface area contributed by atoms with E-state index in [-0.39, 0.29) is 16.5 Å². The number of nitrogens with zero attached hydrogens (tertiary/aromatic N) is 4. The molecule has 0 fully saturated rings. The van der Waals surface area contributed by atoms with Crippen molar-refractivity contribution >= 4 is 34.1 Å². The lowest BCUT2D eigenvalue weighted by Crippen LogP contribution is -2.10. The summed E-state index contributed by atoms with van der Waals surface area (Å²) in [7, 11) is -4.00. The highest BCUT2D eigenvalue weighted by molar-refractivity contribution is 7.85. The van der Waals surface area contributed by atoms with Crippen LogP contribution >= 0.6 is 0 Å². The fourth-order valence-electron chi connectivity index (χ4n) is 2.46. The van der Waals surface area contributed by atoms with Crippen LogP contribution in [0.15, 0.2) is 94.0 Å². The molecule has 1 heterocycles. The minimum Gasteiger partial charge on any atom is -0.367 e. The zero-order valence-electron chi connectivity index (χ0n) is 16.6. The van der Waals surface area contributed by atoms with Gasteiger partial charge in [0.2, 0.25) is 5.96 Å². The number of para-hydroxylation sites is 2. The molecular weight excluding hydrogens is 436 g/mol. The first-order valence-corrected chi connectivity index (χ1v) is 10.4. The Morgan fingerprint density at radius 2 is 1.72 bits per heavy atom. The predicted molar refractivity (Wildman–Crippen MR) is 122 cm³/mol. The summed E-state index contributed by atoms with van der Waals surface area (Å²) in [5.74, 6) is 4.91. The molecule has 3 rings (SSSR count). The van der Waals surface area contributed by atoms with E-state index in [0.717, 1.165) is 5.69 Å². The quantitative estimate of drug-likeness (QED) is 0.132. The number of allylic oxidation sites excluding steroid dienone is 1. The molecule has 0 aliphatic carbocycles. The second-order valence-corrected chi connectivity index (χ2v) is 7.38. The van der Waals surface area contributed by atoms with Crippen molar-refractivity contribution in [2.24, 2.45) is 21.7 Å². The van der Waals surface area contributed by atoms with Gasteiger partial charge in [-0.25, -0.2) is 4.99 Å². The molecule has 0 amide bonds. The first kappa shape index (κ1) is 24.0. The molecule has 166 valence electrons. The van der Waals surface area contributed by atoms with Gasteiger partial charge in [-0.1, -0.05) is 30.3 Å². The molecule has 0 saturated carbocycles. The fourth-order valence-corrected chi connectivity index (χ4v) is 2.96. The van der Waals surface area contributed by atoms with Gasteiger partial charge in [0.15, 0.2) is 0 Å². The lowest BCUT2D eigenvalue weighted by molar-refractivity contribution is -0.384. The standard InChI is InChI=1S/C14H14N6O2.C6H6O3S/c15-14(18-16)17-9-3-5-11-6-4-10-19(11)12-7-1-2-8-13(12)20(21)22;7-10(8,9)6-4-2-1-3-5-6/h1-10H,16H2,(H2,15,18);1-5H,(H,7,8,9). The van der Waals surface area contributed by atoms with Gasteiger partial charge in [-0.2, -0.15) is 8.42 Å². The number of benzene rings is 2. The van der Waals surface area contributed by atoms with Gasteiger partial charge >= 0.3 is 0 Å².